The average molecular weight is 425 g/mol. The Kier molecular flexibility index (Phi) is 8.23. The number of nitro groups is 1. The van der Waals surface area contributed by atoms with Gasteiger partial charge in [-0.2, -0.15) is 0 Å². The molecular weight excluding hydrogens is 392 g/mol. The number of benzene rings is 2. The van der Waals surface area contributed by atoms with Crippen molar-refractivity contribution in [2.45, 2.75) is 38.4 Å². The van der Waals surface area contributed by atoms with Gasteiger partial charge in [0.1, 0.15) is 0 Å². The first kappa shape index (κ1) is 22.6. The number of non-ortho nitro benzene ring substituents is 1. The molecule has 2 aromatic rings. The molecule has 2 atom stereocenters. The van der Waals surface area contributed by atoms with Gasteiger partial charge >= 0.3 is 0 Å². The minimum Gasteiger partial charge on any atom is -0.383 e. The molecule has 31 heavy (non-hydrogen) atoms. The molecule has 0 aliphatic carbocycles. The number of guanidine groups is 1. The first-order chi connectivity index (χ1) is 15.0. The van der Waals surface area contributed by atoms with Crippen molar-refractivity contribution in [2.75, 3.05) is 32.0 Å². The van der Waals surface area contributed by atoms with Crippen LogP contribution in [0.1, 0.15) is 25.3 Å². The van der Waals surface area contributed by atoms with Crippen LogP contribution in [-0.2, 0) is 6.54 Å². The van der Waals surface area contributed by atoms with Gasteiger partial charge in [-0.1, -0.05) is 30.3 Å². The molecule has 8 nitrogen and oxygen atoms in total. The maximum absolute atomic E-state index is 10.7. The Balaban J connectivity index is 1.37. The van der Waals surface area contributed by atoms with E-state index in [0.717, 1.165) is 37.6 Å². The third-order valence-electron chi connectivity index (χ3n) is 5.63. The number of nitro benzene ring substituents is 1. The van der Waals surface area contributed by atoms with Crippen LogP contribution in [0.5, 0.6) is 0 Å². The summed E-state index contributed by atoms with van der Waals surface area (Å²) in [6.45, 7) is 5.73. The van der Waals surface area contributed by atoms with Gasteiger partial charge in [-0.15, -0.1) is 0 Å². The Bertz CT molecular complexity index is 856. The van der Waals surface area contributed by atoms with E-state index in [1.165, 1.54) is 17.7 Å². The smallest absolute Gasteiger partial charge is 0.269 e. The van der Waals surface area contributed by atoms with Gasteiger partial charge in [-0.05, 0) is 37.5 Å². The minimum atomic E-state index is -0.395. The normalized spacial score (nSPS) is 19.6. The summed E-state index contributed by atoms with van der Waals surface area (Å²) in [6, 6.07) is 18.0. The highest BCUT2D eigenvalue weighted by molar-refractivity contribution is 5.80. The lowest BCUT2D eigenvalue weighted by molar-refractivity contribution is -0.384. The average Bonchev–Trinajstić information content (AvgIpc) is 2.78. The van der Waals surface area contributed by atoms with Crippen molar-refractivity contribution in [1.82, 2.24) is 15.5 Å². The zero-order chi connectivity index (χ0) is 22.1. The molecule has 0 saturated carbocycles. The molecule has 0 spiro atoms. The zero-order valence-corrected chi connectivity index (χ0v) is 18.3. The standard InChI is InChI=1S/C23H32N6O2/c1-18-16-21(12-15-28(18)17-19-6-4-3-5-7-19)27-23(24-2)26-14-13-25-20-8-10-22(11-9-20)29(30)31/h3-11,18,21,25H,12-17H2,1-2H3,(H2,24,26,27). The van der Waals surface area contributed by atoms with E-state index >= 15 is 0 Å². The van der Waals surface area contributed by atoms with Crippen LogP contribution in [0.25, 0.3) is 0 Å². The molecule has 0 aromatic heterocycles. The number of hydrogen-bond acceptors (Lipinski definition) is 5. The van der Waals surface area contributed by atoms with Crippen LogP contribution in [0.15, 0.2) is 59.6 Å². The van der Waals surface area contributed by atoms with Gasteiger partial charge in [0.2, 0.25) is 0 Å². The highest BCUT2D eigenvalue weighted by Gasteiger charge is 2.25. The predicted octanol–water partition coefficient (Wildman–Crippen LogP) is 3.22. The van der Waals surface area contributed by atoms with E-state index in [1.54, 1.807) is 19.2 Å². The second-order valence-corrected chi connectivity index (χ2v) is 7.90. The Morgan fingerprint density at radius 1 is 1.16 bits per heavy atom. The molecular formula is C23H32N6O2. The molecule has 2 aromatic carbocycles. The fourth-order valence-electron chi connectivity index (χ4n) is 3.88. The van der Waals surface area contributed by atoms with E-state index < -0.39 is 4.92 Å². The number of rotatable bonds is 8. The van der Waals surface area contributed by atoms with E-state index in [2.05, 4.69) is 63.1 Å². The van der Waals surface area contributed by atoms with Crippen LogP contribution in [0, 0.1) is 10.1 Å². The number of aliphatic imine (C=N–C) groups is 1. The maximum Gasteiger partial charge on any atom is 0.269 e. The van der Waals surface area contributed by atoms with Crippen LogP contribution in [0.3, 0.4) is 0 Å². The van der Waals surface area contributed by atoms with Gasteiger partial charge in [-0.3, -0.25) is 20.0 Å². The van der Waals surface area contributed by atoms with Gasteiger partial charge in [-0.25, -0.2) is 0 Å². The summed E-state index contributed by atoms with van der Waals surface area (Å²) in [4.78, 5) is 17.2. The molecule has 0 bridgehead atoms. The first-order valence-electron chi connectivity index (χ1n) is 10.8. The lowest BCUT2D eigenvalue weighted by atomic mass is 9.97. The summed E-state index contributed by atoms with van der Waals surface area (Å²) in [5.74, 6) is 0.805. The number of nitrogens with zero attached hydrogens (tertiary/aromatic N) is 3. The summed E-state index contributed by atoms with van der Waals surface area (Å²) in [6.07, 6.45) is 2.16. The number of hydrogen-bond donors (Lipinski definition) is 3. The highest BCUT2D eigenvalue weighted by atomic mass is 16.6. The van der Waals surface area contributed by atoms with Crippen molar-refractivity contribution in [2.24, 2.45) is 4.99 Å². The molecule has 1 aliphatic heterocycles. The molecule has 1 fully saturated rings. The van der Waals surface area contributed by atoms with Gasteiger partial charge in [0.25, 0.3) is 5.69 Å². The maximum atomic E-state index is 10.7. The Morgan fingerprint density at radius 2 is 1.90 bits per heavy atom. The fourth-order valence-corrected chi connectivity index (χ4v) is 3.88. The van der Waals surface area contributed by atoms with Crippen LogP contribution in [0.2, 0.25) is 0 Å². The summed E-state index contributed by atoms with van der Waals surface area (Å²) in [7, 11) is 1.78. The van der Waals surface area contributed by atoms with Gasteiger partial charge in [0.05, 0.1) is 4.92 Å². The SMILES string of the molecule is CN=C(NCCNc1ccc([N+](=O)[O-])cc1)NC1CCN(Cc2ccccc2)C(C)C1. The van der Waals surface area contributed by atoms with Gasteiger partial charge in [0.15, 0.2) is 5.96 Å². The van der Waals surface area contributed by atoms with Crippen LogP contribution >= 0.6 is 0 Å². The van der Waals surface area contributed by atoms with Crippen LogP contribution < -0.4 is 16.0 Å². The van der Waals surface area contributed by atoms with E-state index in [-0.39, 0.29) is 5.69 Å². The monoisotopic (exact) mass is 424 g/mol. The summed E-state index contributed by atoms with van der Waals surface area (Å²) >= 11 is 0. The van der Waals surface area contributed by atoms with E-state index in [9.17, 15) is 10.1 Å². The summed E-state index contributed by atoms with van der Waals surface area (Å²) in [5, 5.41) is 20.9. The molecule has 0 radical (unpaired) electrons. The first-order valence-corrected chi connectivity index (χ1v) is 10.8. The van der Waals surface area contributed by atoms with Crippen molar-refractivity contribution >= 4 is 17.3 Å². The second kappa shape index (κ2) is 11.3. The fraction of sp³-hybridized carbons (Fsp3) is 0.435. The van der Waals surface area contributed by atoms with Crippen LogP contribution in [-0.4, -0.2) is 54.5 Å². The molecule has 8 heteroatoms. The van der Waals surface area contributed by atoms with Gasteiger partial charge in [0, 0.05) is 63.1 Å². The van der Waals surface area contributed by atoms with Crippen molar-refractivity contribution in [3.8, 4) is 0 Å². The topological polar surface area (TPSA) is 94.8 Å². The minimum absolute atomic E-state index is 0.0947. The predicted molar refractivity (Wildman–Crippen MR) is 125 cm³/mol. The third-order valence-corrected chi connectivity index (χ3v) is 5.63. The van der Waals surface area contributed by atoms with E-state index in [0.29, 0.717) is 25.2 Å². The largest absolute Gasteiger partial charge is 0.383 e. The highest BCUT2D eigenvalue weighted by Crippen LogP contribution is 2.20. The van der Waals surface area contributed by atoms with Crippen LogP contribution in [0.4, 0.5) is 11.4 Å². The molecule has 1 aliphatic rings. The number of nitrogens with one attached hydrogen (secondary N) is 3. The lowest BCUT2D eigenvalue weighted by Crippen LogP contribution is -2.51. The van der Waals surface area contributed by atoms with Crippen molar-refractivity contribution in [1.29, 1.82) is 0 Å². The zero-order valence-electron chi connectivity index (χ0n) is 18.3. The van der Waals surface area contributed by atoms with Crippen molar-refractivity contribution in [3.63, 3.8) is 0 Å². The number of anilines is 1. The molecule has 3 N–H and O–H groups in total. The van der Waals surface area contributed by atoms with E-state index in [1.807, 2.05) is 0 Å². The van der Waals surface area contributed by atoms with Crippen molar-refractivity contribution < 1.29 is 4.92 Å². The summed E-state index contributed by atoms with van der Waals surface area (Å²) in [5.41, 5.74) is 2.31. The quantitative estimate of drug-likeness (QED) is 0.198. The third kappa shape index (κ3) is 6.96. The lowest BCUT2D eigenvalue weighted by Gasteiger charge is -2.38. The second-order valence-electron chi connectivity index (χ2n) is 7.90. The molecule has 2 unspecified atom stereocenters. The Labute approximate surface area is 183 Å². The number of likely N-dealkylation sites (tertiary alicyclic amines) is 1. The Hall–Kier alpha value is -3.13. The summed E-state index contributed by atoms with van der Waals surface area (Å²) < 4.78 is 0. The van der Waals surface area contributed by atoms with Crippen molar-refractivity contribution in [3.05, 3.63) is 70.3 Å². The van der Waals surface area contributed by atoms with Gasteiger partial charge < -0.3 is 16.0 Å². The Morgan fingerprint density at radius 3 is 2.55 bits per heavy atom. The molecule has 166 valence electrons. The van der Waals surface area contributed by atoms with E-state index in [4.69, 9.17) is 0 Å². The molecule has 0 amide bonds. The number of piperidine rings is 1. The molecule has 1 saturated heterocycles. The molecule has 3 rings (SSSR count). The molecule has 1 heterocycles.